The van der Waals surface area contributed by atoms with Crippen molar-refractivity contribution in [2.75, 3.05) is 0 Å². The Morgan fingerprint density at radius 1 is 1.44 bits per heavy atom. The first-order valence-corrected chi connectivity index (χ1v) is 5.80. The second-order valence-corrected chi connectivity index (χ2v) is 4.73. The maximum atomic E-state index is 10.2. The Morgan fingerprint density at radius 3 is 2.81 bits per heavy atom. The molecule has 0 spiro atoms. The molecule has 0 fully saturated rings. The molecular weight excluding hydrogens is 268 g/mol. The molecule has 1 aromatic carbocycles. The molecule has 1 aromatic heterocycles. The molecule has 0 aliphatic heterocycles. The Balaban J connectivity index is 2.40. The van der Waals surface area contributed by atoms with Crippen molar-refractivity contribution >= 4 is 15.9 Å². The number of hydrogen-bond donors (Lipinski definition) is 1. The largest absolute Gasteiger partial charge is 0.383 e. The summed E-state index contributed by atoms with van der Waals surface area (Å²) in [5.74, 6) is 0. The topological polar surface area (TPSA) is 38.1 Å². The molecule has 2 aromatic rings. The molecule has 4 heteroatoms. The standard InChI is InChI=1S/C12H13BrN2O/c1-8-3-4-11(13)10(5-8)12(16)9-6-14-15(2)7-9/h3-7,12,16H,1-2H3. The number of aryl methyl sites for hydroxylation is 2. The summed E-state index contributed by atoms with van der Waals surface area (Å²) in [6, 6.07) is 5.93. The molecule has 0 radical (unpaired) electrons. The minimum Gasteiger partial charge on any atom is -0.383 e. The molecule has 0 amide bonds. The van der Waals surface area contributed by atoms with Gasteiger partial charge < -0.3 is 5.11 Å². The van der Waals surface area contributed by atoms with Crippen molar-refractivity contribution < 1.29 is 5.11 Å². The van der Waals surface area contributed by atoms with E-state index < -0.39 is 6.10 Å². The van der Waals surface area contributed by atoms with Gasteiger partial charge in [-0.2, -0.15) is 5.10 Å². The van der Waals surface area contributed by atoms with Gasteiger partial charge in [-0.25, -0.2) is 0 Å². The zero-order valence-corrected chi connectivity index (χ0v) is 10.8. The maximum absolute atomic E-state index is 10.2. The molecule has 84 valence electrons. The summed E-state index contributed by atoms with van der Waals surface area (Å²) in [5.41, 5.74) is 2.79. The van der Waals surface area contributed by atoms with Gasteiger partial charge in [0.2, 0.25) is 0 Å². The van der Waals surface area contributed by atoms with E-state index in [2.05, 4.69) is 21.0 Å². The first-order chi connectivity index (χ1) is 7.58. The molecule has 16 heavy (non-hydrogen) atoms. The van der Waals surface area contributed by atoms with Gasteiger partial charge in [-0.3, -0.25) is 4.68 Å². The molecule has 0 aliphatic rings. The van der Waals surface area contributed by atoms with E-state index in [1.807, 2.05) is 38.4 Å². The van der Waals surface area contributed by atoms with Crippen LogP contribution in [0, 0.1) is 6.92 Å². The van der Waals surface area contributed by atoms with Crippen molar-refractivity contribution in [1.82, 2.24) is 9.78 Å². The van der Waals surface area contributed by atoms with Crippen molar-refractivity contribution in [3.63, 3.8) is 0 Å². The number of aliphatic hydroxyl groups is 1. The van der Waals surface area contributed by atoms with Gasteiger partial charge in [-0.05, 0) is 18.6 Å². The smallest absolute Gasteiger partial charge is 0.108 e. The summed E-state index contributed by atoms with van der Waals surface area (Å²) in [7, 11) is 1.83. The quantitative estimate of drug-likeness (QED) is 0.918. The van der Waals surface area contributed by atoms with E-state index >= 15 is 0 Å². The highest BCUT2D eigenvalue weighted by atomic mass is 79.9. The lowest BCUT2D eigenvalue weighted by Gasteiger charge is -2.11. The van der Waals surface area contributed by atoms with Crippen molar-refractivity contribution in [2.24, 2.45) is 7.05 Å². The number of benzene rings is 1. The van der Waals surface area contributed by atoms with Crippen LogP contribution in [0.2, 0.25) is 0 Å². The Bertz CT molecular complexity index is 507. The SMILES string of the molecule is Cc1ccc(Br)c(C(O)c2cnn(C)c2)c1. The summed E-state index contributed by atoms with van der Waals surface area (Å²) in [5, 5.41) is 14.3. The molecule has 1 N–H and O–H groups in total. The number of aliphatic hydroxyl groups excluding tert-OH is 1. The Labute approximate surface area is 103 Å². The predicted octanol–water partition coefficient (Wildman–Crippen LogP) is 2.57. The number of rotatable bonds is 2. The monoisotopic (exact) mass is 280 g/mol. The third kappa shape index (κ3) is 2.18. The average molecular weight is 281 g/mol. The second-order valence-electron chi connectivity index (χ2n) is 3.87. The van der Waals surface area contributed by atoms with Gasteiger partial charge in [0.05, 0.1) is 6.20 Å². The van der Waals surface area contributed by atoms with Gasteiger partial charge in [-0.15, -0.1) is 0 Å². The highest BCUT2D eigenvalue weighted by molar-refractivity contribution is 9.10. The van der Waals surface area contributed by atoms with Gasteiger partial charge in [0.25, 0.3) is 0 Å². The highest BCUT2D eigenvalue weighted by Gasteiger charge is 2.15. The van der Waals surface area contributed by atoms with Crippen molar-refractivity contribution in [2.45, 2.75) is 13.0 Å². The third-order valence-corrected chi connectivity index (χ3v) is 3.21. The molecule has 3 nitrogen and oxygen atoms in total. The molecule has 2 rings (SSSR count). The van der Waals surface area contributed by atoms with Crippen LogP contribution in [-0.2, 0) is 7.05 Å². The van der Waals surface area contributed by atoms with Crippen LogP contribution in [0.15, 0.2) is 35.1 Å². The minimum absolute atomic E-state index is 0.636. The summed E-state index contributed by atoms with van der Waals surface area (Å²) in [4.78, 5) is 0. The fourth-order valence-electron chi connectivity index (χ4n) is 1.63. The van der Waals surface area contributed by atoms with Crippen LogP contribution in [0.5, 0.6) is 0 Å². The van der Waals surface area contributed by atoms with Crippen LogP contribution in [0.25, 0.3) is 0 Å². The summed E-state index contributed by atoms with van der Waals surface area (Å²) in [6.07, 6.45) is 2.86. The second kappa shape index (κ2) is 4.39. The molecule has 0 bridgehead atoms. The van der Waals surface area contributed by atoms with Gasteiger partial charge in [0.1, 0.15) is 6.10 Å². The van der Waals surface area contributed by atoms with E-state index in [1.165, 1.54) is 0 Å². The van der Waals surface area contributed by atoms with Crippen LogP contribution in [0.4, 0.5) is 0 Å². The average Bonchev–Trinajstić information content (AvgIpc) is 2.67. The van der Waals surface area contributed by atoms with Crippen molar-refractivity contribution in [1.29, 1.82) is 0 Å². The van der Waals surface area contributed by atoms with Crippen molar-refractivity contribution in [3.05, 3.63) is 51.8 Å². The fourth-order valence-corrected chi connectivity index (χ4v) is 2.10. The highest BCUT2D eigenvalue weighted by Crippen LogP contribution is 2.28. The first kappa shape index (κ1) is 11.4. The predicted molar refractivity (Wildman–Crippen MR) is 66.1 cm³/mol. The first-order valence-electron chi connectivity index (χ1n) is 5.00. The van der Waals surface area contributed by atoms with Gasteiger partial charge in [-0.1, -0.05) is 33.6 Å². The van der Waals surface area contributed by atoms with Gasteiger partial charge in [0.15, 0.2) is 0 Å². The molecule has 1 unspecified atom stereocenters. The molecule has 1 atom stereocenters. The minimum atomic E-state index is -0.636. The lowest BCUT2D eigenvalue weighted by atomic mass is 10.0. The summed E-state index contributed by atoms with van der Waals surface area (Å²) in [6.45, 7) is 2.01. The fraction of sp³-hybridized carbons (Fsp3) is 0.250. The van der Waals surface area contributed by atoms with Crippen LogP contribution in [0.1, 0.15) is 22.8 Å². The van der Waals surface area contributed by atoms with Gasteiger partial charge in [0, 0.05) is 23.3 Å². The summed E-state index contributed by atoms with van der Waals surface area (Å²) >= 11 is 3.45. The van der Waals surface area contributed by atoms with Crippen LogP contribution in [0.3, 0.4) is 0 Å². The summed E-state index contributed by atoms with van der Waals surface area (Å²) < 4.78 is 2.59. The zero-order chi connectivity index (χ0) is 11.7. The molecule has 0 saturated heterocycles. The van der Waals surface area contributed by atoms with Crippen LogP contribution < -0.4 is 0 Å². The Hall–Kier alpha value is -1.13. The van der Waals surface area contributed by atoms with Crippen LogP contribution in [-0.4, -0.2) is 14.9 Å². The van der Waals surface area contributed by atoms with Crippen LogP contribution >= 0.6 is 15.9 Å². The number of aromatic nitrogens is 2. The van der Waals surface area contributed by atoms with E-state index in [9.17, 15) is 5.11 Å². The normalized spacial score (nSPS) is 12.8. The third-order valence-electron chi connectivity index (χ3n) is 2.49. The van der Waals surface area contributed by atoms with E-state index in [4.69, 9.17) is 0 Å². The van der Waals surface area contributed by atoms with E-state index in [0.717, 1.165) is 21.2 Å². The molecule has 0 aliphatic carbocycles. The zero-order valence-electron chi connectivity index (χ0n) is 9.18. The van der Waals surface area contributed by atoms with E-state index in [-0.39, 0.29) is 0 Å². The van der Waals surface area contributed by atoms with E-state index in [1.54, 1.807) is 10.9 Å². The lowest BCUT2D eigenvalue weighted by Crippen LogP contribution is -2.00. The Kier molecular flexibility index (Phi) is 3.12. The molecule has 0 saturated carbocycles. The van der Waals surface area contributed by atoms with E-state index in [0.29, 0.717) is 0 Å². The van der Waals surface area contributed by atoms with Gasteiger partial charge >= 0.3 is 0 Å². The molecular formula is C12H13BrN2O. The maximum Gasteiger partial charge on any atom is 0.108 e. The Morgan fingerprint density at radius 2 is 2.19 bits per heavy atom. The number of halogens is 1. The molecule has 1 heterocycles. The number of nitrogens with zero attached hydrogens (tertiary/aromatic N) is 2. The number of hydrogen-bond acceptors (Lipinski definition) is 2. The lowest BCUT2D eigenvalue weighted by molar-refractivity contribution is 0.219. The van der Waals surface area contributed by atoms with Crippen molar-refractivity contribution in [3.8, 4) is 0 Å².